The SMILES string of the molecule is COC(=O)C1=C(N)Oc2cc(C)n(C)c(=O)c2[C@]12C(=O)N(Cc1ccc(F)cc1)c1ccccc12. The van der Waals surface area contributed by atoms with Gasteiger partial charge in [-0.25, -0.2) is 9.18 Å². The van der Waals surface area contributed by atoms with Gasteiger partial charge in [0.2, 0.25) is 11.8 Å². The Balaban J connectivity index is 1.85. The molecule has 0 aliphatic carbocycles. The van der Waals surface area contributed by atoms with Gasteiger partial charge in [0.05, 0.1) is 19.2 Å². The highest BCUT2D eigenvalue weighted by molar-refractivity contribution is 6.18. The number of benzene rings is 2. The summed E-state index contributed by atoms with van der Waals surface area (Å²) < 4.78 is 25.6. The van der Waals surface area contributed by atoms with Gasteiger partial charge in [0.15, 0.2) is 0 Å². The molecule has 1 aromatic heterocycles. The molecule has 2 aliphatic rings. The lowest BCUT2D eigenvalue weighted by molar-refractivity contribution is -0.138. The number of aryl methyl sites for hydroxylation is 1. The number of anilines is 1. The van der Waals surface area contributed by atoms with Crippen molar-refractivity contribution >= 4 is 17.6 Å². The van der Waals surface area contributed by atoms with Crippen LogP contribution in [-0.4, -0.2) is 23.6 Å². The first-order valence-corrected chi connectivity index (χ1v) is 10.8. The second kappa shape index (κ2) is 7.83. The average molecular weight is 475 g/mol. The molecule has 1 atom stereocenters. The lowest BCUT2D eigenvalue weighted by atomic mass is 9.68. The van der Waals surface area contributed by atoms with E-state index in [9.17, 15) is 18.8 Å². The van der Waals surface area contributed by atoms with Crippen LogP contribution in [0.5, 0.6) is 5.75 Å². The summed E-state index contributed by atoms with van der Waals surface area (Å²) >= 11 is 0. The molecule has 1 spiro atoms. The van der Waals surface area contributed by atoms with E-state index < -0.39 is 28.7 Å². The topological polar surface area (TPSA) is 104 Å². The van der Waals surface area contributed by atoms with E-state index in [1.165, 1.54) is 28.7 Å². The van der Waals surface area contributed by atoms with Crippen molar-refractivity contribution in [1.29, 1.82) is 0 Å². The van der Waals surface area contributed by atoms with Gasteiger partial charge in [-0.2, -0.15) is 0 Å². The molecular formula is C26H22FN3O5. The number of hydrogen-bond donors (Lipinski definition) is 1. The highest BCUT2D eigenvalue weighted by Crippen LogP contribution is 2.54. The molecule has 0 unspecified atom stereocenters. The fraction of sp³-hybridized carbons (Fsp3) is 0.192. The maximum atomic E-state index is 14.4. The van der Waals surface area contributed by atoms with Crippen LogP contribution in [0.1, 0.15) is 22.4 Å². The number of pyridine rings is 1. The molecule has 0 saturated carbocycles. The lowest BCUT2D eigenvalue weighted by Gasteiger charge is -2.35. The summed E-state index contributed by atoms with van der Waals surface area (Å²) in [6.45, 7) is 1.80. The first kappa shape index (κ1) is 22.4. The zero-order valence-corrected chi connectivity index (χ0v) is 19.3. The van der Waals surface area contributed by atoms with Crippen LogP contribution in [0.15, 0.2) is 70.8 Å². The molecule has 9 heteroatoms. The molecule has 0 fully saturated rings. The predicted molar refractivity (Wildman–Crippen MR) is 125 cm³/mol. The number of amides is 1. The molecule has 8 nitrogen and oxygen atoms in total. The first-order valence-electron chi connectivity index (χ1n) is 10.8. The minimum atomic E-state index is -1.88. The van der Waals surface area contributed by atoms with Crippen LogP contribution in [0.25, 0.3) is 0 Å². The summed E-state index contributed by atoms with van der Waals surface area (Å²) in [4.78, 5) is 42.7. The Morgan fingerprint density at radius 3 is 2.51 bits per heavy atom. The zero-order valence-electron chi connectivity index (χ0n) is 19.3. The van der Waals surface area contributed by atoms with Crippen molar-refractivity contribution in [1.82, 2.24) is 4.57 Å². The number of esters is 1. The fourth-order valence-corrected chi connectivity index (χ4v) is 4.92. The molecule has 178 valence electrons. The summed E-state index contributed by atoms with van der Waals surface area (Å²) in [5.41, 5.74) is 5.72. The number of aromatic nitrogens is 1. The number of carbonyl (C=O) groups is 2. The van der Waals surface area contributed by atoms with Crippen molar-refractivity contribution in [3.63, 3.8) is 0 Å². The van der Waals surface area contributed by atoms with Gasteiger partial charge in [-0.15, -0.1) is 0 Å². The number of fused-ring (bicyclic) bond motifs is 4. The molecule has 2 aromatic carbocycles. The molecule has 0 saturated heterocycles. The first-order chi connectivity index (χ1) is 16.7. The van der Waals surface area contributed by atoms with E-state index in [1.54, 1.807) is 56.4 Å². The Morgan fingerprint density at radius 2 is 1.83 bits per heavy atom. The van der Waals surface area contributed by atoms with Gasteiger partial charge in [0.1, 0.15) is 22.6 Å². The van der Waals surface area contributed by atoms with E-state index in [-0.39, 0.29) is 29.3 Å². The molecule has 2 N–H and O–H groups in total. The predicted octanol–water partition coefficient (Wildman–Crippen LogP) is 2.40. The van der Waals surface area contributed by atoms with Crippen molar-refractivity contribution in [3.05, 3.63) is 105 Å². The smallest absolute Gasteiger partial charge is 0.340 e. The van der Waals surface area contributed by atoms with Gasteiger partial charge >= 0.3 is 5.97 Å². The number of hydrogen-bond acceptors (Lipinski definition) is 6. The van der Waals surface area contributed by atoms with Gasteiger partial charge in [0, 0.05) is 30.1 Å². The maximum absolute atomic E-state index is 14.4. The standard InChI is InChI=1S/C26H22FN3O5/c1-14-12-19-20(23(31)29(14)2)26(21(22(28)35-19)24(32)34-3)17-6-4-5-7-18(17)30(25(26)33)13-15-8-10-16(27)11-9-15/h4-12H,13,28H2,1-3H3/t26-/m0/s1. The molecule has 5 rings (SSSR count). The summed E-state index contributed by atoms with van der Waals surface area (Å²) in [5.74, 6) is -2.06. The molecule has 35 heavy (non-hydrogen) atoms. The minimum absolute atomic E-state index is 0.0146. The molecule has 0 radical (unpaired) electrons. The number of para-hydroxylation sites is 1. The third kappa shape index (κ3) is 3.01. The number of nitrogens with zero attached hydrogens (tertiary/aromatic N) is 2. The van der Waals surface area contributed by atoms with E-state index in [1.807, 2.05) is 0 Å². The van der Waals surface area contributed by atoms with Gasteiger partial charge < -0.3 is 24.7 Å². The molecule has 0 bridgehead atoms. The molecule has 1 amide bonds. The van der Waals surface area contributed by atoms with E-state index in [2.05, 4.69) is 0 Å². The Labute approximate surface area is 200 Å². The maximum Gasteiger partial charge on any atom is 0.340 e. The monoisotopic (exact) mass is 475 g/mol. The molecule has 2 aliphatic heterocycles. The highest BCUT2D eigenvalue weighted by atomic mass is 19.1. The van der Waals surface area contributed by atoms with Crippen molar-refractivity contribution in [2.75, 3.05) is 12.0 Å². The number of nitrogens with two attached hydrogens (primary N) is 1. The van der Waals surface area contributed by atoms with Crippen LogP contribution in [-0.2, 0) is 33.3 Å². The van der Waals surface area contributed by atoms with Crippen molar-refractivity contribution in [3.8, 4) is 5.75 Å². The quantitative estimate of drug-likeness (QED) is 0.584. The summed E-state index contributed by atoms with van der Waals surface area (Å²) in [6, 6.07) is 14.2. The Bertz CT molecular complexity index is 1490. The highest BCUT2D eigenvalue weighted by Gasteiger charge is 2.62. The van der Waals surface area contributed by atoms with Crippen molar-refractivity contribution in [2.45, 2.75) is 18.9 Å². The molecular weight excluding hydrogens is 453 g/mol. The second-order valence-electron chi connectivity index (χ2n) is 8.51. The van der Waals surface area contributed by atoms with Gasteiger partial charge in [-0.05, 0) is 30.7 Å². The second-order valence-corrected chi connectivity index (χ2v) is 8.51. The van der Waals surface area contributed by atoms with Gasteiger partial charge in [0.25, 0.3) is 5.56 Å². The van der Waals surface area contributed by atoms with E-state index in [4.69, 9.17) is 15.2 Å². The largest absolute Gasteiger partial charge is 0.465 e. The Morgan fingerprint density at radius 1 is 1.14 bits per heavy atom. The summed E-state index contributed by atoms with van der Waals surface area (Å²) in [5, 5.41) is 0. The average Bonchev–Trinajstić information content (AvgIpc) is 3.07. The number of methoxy groups -OCH3 is 1. The third-order valence-corrected chi connectivity index (χ3v) is 6.66. The third-order valence-electron chi connectivity index (χ3n) is 6.66. The number of rotatable bonds is 3. The lowest BCUT2D eigenvalue weighted by Crippen LogP contribution is -2.51. The van der Waals surface area contributed by atoms with Crippen LogP contribution < -0.4 is 20.9 Å². The van der Waals surface area contributed by atoms with Crippen LogP contribution >= 0.6 is 0 Å². The Hall–Kier alpha value is -4.40. The Kier molecular flexibility index (Phi) is 5.01. The van der Waals surface area contributed by atoms with Crippen LogP contribution in [0.2, 0.25) is 0 Å². The summed E-state index contributed by atoms with van der Waals surface area (Å²) in [6.07, 6.45) is 0. The van der Waals surface area contributed by atoms with Gasteiger partial charge in [-0.3, -0.25) is 9.59 Å². The minimum Gasteiger partial charge on any atom is -0.465 e. The number of carbonyl (C=O) groups excluding carboxylic acids is 2. The van der Waals surface area contributed by atoms with E-state index >= 15 is 0 Å². The summed E-state index contributed by atoms with van der Waals surface area (Å²) in [7, 11) is 2.74. The normalized spacial score (nSPS) is 18.4. The van der Waals surface area contributed by atoms with Crippen LogP contribution in [0, 0.1) is 12.7 Å². The zero-order chi connectivity index (χ0) is 25.1. The van der Waals surface area contributed by atoms with Crippen LogP contribution in [0.4, 0.5) is 10.1 Å². The molecule has 3 aromatic rings. The van der Waals surface area contributed by atoms with E-state index in [0.717, 1.165) is 0 Å². The van der Waals surface area contributed by atoms with Crippen molar-refractivity contribution in [2.24, 2.45) is 12.8 Å². The van der Waals surface area contributed by atoms with Gasteiger partial charge in [-0.1, -0.05) is 30.3 Å². The molecule has 3 heterocycles. The van der Waals surface area contributed by atoms with E-state index in [0.29, 0.717) is 22.5 Å². The van der Waals surface area contributed by atoms with Crippen molar-refractivity contribution < 1.29 is 23.5 Å². The fourth-order valence-electron chi connectivity index (χ4n) is 4.92. The van der Waals surface area contributed by atoms with Crippen LogP contribution in [0.3, 0.4) is 0 Å². The number of ether oxygens (including phenoxy) is 2. The number of halogens is 1.